The van der Waals surface area contributed by atoms with Crippen molar-refractivity contribution in [3.05, 3.63) is 47.4 Å². The van der Waals surface area contributed by atoms with Crippen LogP contribution in [0.4, 0.5) is 0 Å². The number of carbonyl (C=O) groups is 1. The summed E-state index contributed by atoms with van der Waals surface area (Å²) in [5, 5.41) is 0. The summed E-state index contributed by atoms with van der Waals surface area (Å²) >= 11 is 0. The van der Waals surface area contributed by atoms with Crippen LogP contribution in [0.2, 0.25) is 0 Å². The quantitative estimate of drug-likeness (QED) is 0.595. The monoisotopic (exact) mass is 448 g/mol. The van der Waals surface area contributed by atoms with Gasteiger partial charge >= 0.3 is 0 Å². The van der Waals surface area contributed by atoms with Gasteiger partial charge in [0.25, 0.3) is 5.91 Å². The predicted octanol–water partition coefficient (Wildman–Crippen LogP) is 2.59. The van der Waals surface area contributed by atoms with Crippen molar-refractivity contribution in [3.63, 3.8) is 0 Å². The zero-order valence-corrected chi connectivity index (χ0v) is 18.9. The lowest BCUT2D eigenvalue weighted by molar-refractivity contribution is -0.0968. The third-order valence-corrected chi connectivity index (χ3v) is 7.27. The first-order valence-electron chi connectivity index (χ1n) is 11.8. The van der Waals surface area contributed by atoms with Crippen LogP contribution >= 0.6 is 0 Å². The molecule has 3 aliphatic rings. The average molecular weight is 449 g/mol. The van der Waals surface area contributed by atoms with Crippen molar-refractivity contribution in [1.82, 2.24) is 29.4 Å². The first-order chi connectivity index (χ1) is 16.1. The fourth-order valence-electron chi connectivity index (χ4n) is 5.40. The molecule has 0 radical (unpaired) electrons. The number of aromatic nitrogens is 5. The minimum atomic E-state index is -0.414. The van der Waals surface area contributed by atoms with E-state index in [0.29, 0.717) is 31.3 Å². The number of aryl methyl sites for hydroxylation is 1. The number of piperidine rings is 1. The molecule has 3 aromatic rings. The molecule has 2 fully saturated rings. The van der Waals surface area contributed by atoms with E-state index in [4.69, 9.17) is 14.5 Å². The fourth-order valence-corrected chi connectivity index (χ4v) is 5.40. The number of rotatable bonds is 2. The molecule has 0 bridgehead atoms. The number of amides is 1. The van der Waals surface area contributed by atoms with Crippen LogP contribution in [0.3, 0.4) is 0 Å². The third-order valence-electron chi connectivity index (χ3n) is 7.27. The third kappa shape index (κ3) is 3.59. The summed E-state index contributed by atoms with van der Waals surface area (Å²) in [6.45, 7) is 5.34. The predicted molar refractivity (Wildman–Crippen MR) is 120 cm³/mol. The Labute approximate surface area is 192 Å². The first kappa shape index (κ1) is 20.7. The highest BCUT2D eigenvalue weighted by Crippen LogP contribution is 2.40. The van der Waals surface area contributed by atoms with E-state index >= 15 is 0 Å². The molecular formula is C24H28N6O3. The molecule has 2 saturated heterocycles. The molecule has 172 valence electrons. The molecule has 6 heterocycles. The minimum absolute atomic E-state index is 0.00485. The summed E-state index contributed by atoms with van der Waals surface area (Å²) in [5.74, 6) is 0.756. The van der Waals surface area contributed by atoms with Crippen molar-refractivity contribution in [3.8, 4) is 0 Å². The largest absolute Gasteiger partial charge is 0.381 e. The molecule has 9 nitrogen and oxygen atoms in total. The lowest BCUT2D eigenvalue weighted by Crippen LogP contribution is -2.49. The van der Waals surface area contributed by atoms with Gasteiger partial charge in [-0.15, -0.1) is 0 Å². The SMILES string of the molecule is Cc1ncc2c(n1)C1(CCN(C(=O)c3cnc4c(c3)ncn4C3CCOCC3)CC1)OCC2. The Morgan fingerprint density at radius 2 is 1.91 bits per heavy atom. The molecule has 1 spiro atoms. The van der Waals surface area contributed by atoms with Crippen LogP contribution in [0.5, 0.6) is 0 Å². The number of imidazole rings is 1. The maximum Gasteiger partial charge on any atom is 0.255 e. The van der Waals surface area contributed by atoms with Crippen molar-refractivity contribution in [1.29, 1.82) is 0 Å². The standard InChI is InChI=1S/C24H28N6O3/c1-16-25-13-17-2-11-33-24(21(17)28-16)5-7-29(8-6-24)23(31)18-12-20-22(26-14-18)30(15-27-20)19-3-9-32-10-4-19/h12-15,19H,2-11H2,1H3. The fraction of sp³-hybridized carbons (Fsp3) is 0.542. The number of likely N-dealkylation sites (tertiary alicyclic amines) is 1. The maximum atomic E-state index is 13.3. The van der Waals surface area contributed by atoms with E-state index < -0.39 is 5.60 Å². The molecule has 1 amide bonds. The molecule has 6 rings (SSSR count). The smallest absolute Gasteiger partial charge is 0.255 e. The van der Waals surface area contributed by atoms with E-state index in [1.807, 2.05) is 30.4 Å². The molecule has 0 atom stereocenters. The number of hydrogen-bond acceptors (Lipinski definition) is 7. The van der Waals surface area contributed by atoms with E-state index in [1.165, 1.54) is 5.56 Å². The summed E-state index contributed by atoms with van der Waals surface area (Å²) in [5.41, 5.74) is 3.94. The molecule has 0 aromatic carbocycles. The number of carbonyl (C=O) groups excluding carboxylic acids is 1. The Morgan fingerprint density at radius 3 is 2.73 bits per heavy atom. The molecule has 3 aliphatic heterocycles. The van der Waals surface area contributed by atoms with Gasteiger partial charge in [0.2, 0.25) is 0 Å². The Balaban J connectivity index is 1.20. The number of ether oxygens (including phenoxy) is 2. The summed E-state index contributed by atoms with van der Waals surface area (Å²) in [6, 6.07) is 2.22. The molecule has 0 saturated carbocycles. The highest BCUT2D eigenvalue weighted by Gasteiger charge is 2.43. The number of nitrogens with zero attached hydrogens (tertiary/aromatic N) is 6. The van der Waals surface area contributed by atoms with Crippen molar-refractivity contribution >= 4 is 17.1 Å². The summed E-state index contributed by atoms with van der Waals surface area (Å²) in [4.78, 5) is 33.4. The molecule has 9 heteroatoms. The van der Waals surface area contributed by atoms with Crippen LogP contribution in [0, 0.1) is 6.92 Å². The van der Waals surface area contributed by atoms with Crippen LogP contribution in [0.25, 0.3) is 11.2 Å². The Kier molecular flexibility index (Phi) is 5.10. The van der Waals surface area contributed by atoms with Crippen LogP contribution in [0.1, 0.15) is 59.2 Å². The van der Waals surface area contributed by atoms with Gasteiger partial charge in [0.15, 0.2) is 5.65 Å². The van der Waals surface area contributed by atoms with E-state index in [1.54, 1.807) is 6.20 Å². The lowest BCUT2D eigenvalue weighted by atomic mass is 9.83. The second-order valence-corrected chi connectivity index (χ2v) is 9.24. The number of fused-ring (bicyclic) bond motifs is 3. The Morgan fingerprint density at radius 1 is 1.09 bits per heavy atom. The van der Waals surface area contributed by atoms with Gasteiger partial charge in [-0.05, 0) is 50.7 Å². The van der Waals surface area contributed by atoms with E-state index in [9.17, 15) is 4.79 Å². The van der Waals surface area contributed by atoms with Crippen LogP contribution < -0.4 is 0 Å². The van der Waals surface area contributed by atoms with Crippen LogP contribution in [-0.4, -0.2) is 68.2 Å². The molecule has 3 aromatic heterocycles. The lowest BCUT2D eigenvalue weighted by Gasteiger charge is -2.44. The van der Waals surface area contributed by atoms with Gasteiger partial charge in [-0.3, -0.25) is 4.79 Å². The van der Waals surface area contributed by atoms with Gasteiger partial charge < -0.3 is 18.9 Å². The van der Waals surface area contributed by atoms with Crippen molar-refractivity contribution in [2.24, 2.45) is 0 Å². The van der Waals surface area contributed by atoms with Crippen molar-refractivity contribution < 1.29 is 14.3 Å². The van der Waals surface area contributed by atoms with E-state index in [0.717, 1.165) is 68.0 Å². The molecule has 33 heavy (non-hydrogen) atoms. The normalized spacial score (nSPS) is 20.8. The van der Waals surface area contributed by atoms with Crippen LogP contribution in [0.15, 0.2) is 24.8 Å². The van der Waals surface area contributed by atoms with Gasteiger partial charge in [0.05, 0.1) is 24.2 Å². The van der Waals surface area contributed by atoms with E-state index in [-0.39, 0.29) is 5.91 Å². The molecular weight excluding hydrogens is 420 g/mol. The zero-order valence-electron chi connectivity index (χ0n) is 18.9. The van der Waals surface area contributed by atoms with Crippen molar-refractivity contribution in [2.75, 3.05) is 32.9 Å². The summed E-state index contributed by atoms with van der Waals surface area (Å²) in [7, 11) is 0. The maximum absolute atomic E-state index is 13.3. The Hall–Kier alpha value is -2.91. The first-order valence-corrected chi connectivity index (χ1v) is 11.8. The summed E-state index contributed by atoms with van der Waals surface area (Å²) < 4.78 is 13.9. The van der Waals surface area contributed by atoms with Crippen molar-refractivity contribution in [2.45, 2.75) is 50.7 Å². The highest BCUT2D eigenvalue weighted by molar-refractivity contribution is 5.96. The highest BCUT2D eigenvalue weighted by atomic mass is 16.5. The second-order valence-electron chi connectivity index (χ2n) is 9.24. The van der Waals surface area contributed by atoms with Gasteiger partial charge in [0, 0.05) is 44.7 Å². The molecule has 0 aliphatic carbocycles. The van der Waals surface area contributed by atoms with Crippen LogP contribution in [-0.2, 0) is 21.5 Å². The second kappa shape index (κ2) is 8.14. The molecule has 0 N–H and O–H groups in total. The van der Waals surface area contributed by atoms with Gasteiger partial charge in [-0.25, -0.2) is 19.9 Å². The van der Waals surface area contributed by atoms with Gasteiger partial charge in [-0.1, -0.05) is 0 Å². The molecule has 0 unspecified atom stereocenters. The van der Waals surface area contributed by atoms with E-state index in [2.05, 4.69) is 19.5 Å². The topological polar surface area (TPSA) is 95.3 Å². The Bertz CT molecular complexity index is 1190. The summed E-state index contributed by atoms with van der Waals surface area (Å²) in [6.07, 6.45) is 9.68. The van der Waals surface area contributed by atoms with Gasteiger partial charge in [0.1, 0.15) is 16.9 Å². The number of pyridine rings is 1. The zero-order chi connectivity index (χ0) is 22.4. The average Bonchev–Trinajstić information content (AvgIpc) is 3.29. The minimum Gasteiger partial charge on any atom is -0.381 e. The van der Waals surface area contributed by atoms with Gasteiger partial charge in [-0.2, -0.15) is 0 Å². The number of hydrogen-bond donors (Lipinski definition) is 0.